The lowest BCUT2D eigenvalue weighted by molar-refractivity contribution is 0.244. The minimum atomic E-state index is 0.176. The standard InChI is InChI=1S/C13H22N4O/c1-4-10-12(14-3)15-8-16-13(10)17-6-5-9(2)11(17)7-18/h8-9,11,18H,4-7H2,1-3H3,(H,14,15,16). The summed E-state index contributed by atoms with van der Waals surface area (Å²) in [7, 11) is 1.88. The number of rotatable bonds is 4. The van der Waals surface area contributed by atoms with Gasteiger partial charge in [0.1, 0.15) is 18.0 Å². The molecule has 1 saturated heterocycles. The number of hydrogen-bond donors (Lipinski definition) is 2. The molecule has 2 heterocycles. The van der Waals surface area contributed by atoms with Crippen LogP contribution in [0.1, 0.15) is 25.8 Å². The lowest BCUT2D eigenvalue weighted by Gasteiger charge is -2.28. The molecule has 2 rings (SSSR count). The second-order valence-electron chi connectivity index (χ2n) is 4.84. The largest absolute Gasteiger partial charge is 0.394 e. The van der Waals surface area contributed by atoms with Gasteiger partial charge in [-0.1, -0.05) is 13.8 Å². The Morgan fingerprint density at radius 3 is 2.89 bits per heavy atom. The molecule has 100 valence electrons. The van der Waals surface area contributed by atoms with Crippen molar-refractivity contribution in [1.82, 2.24) is 9.97 Å². The summed E-state index contributed by atoms with van der Waals surface area (Å²) in [4.78, 5) is 10.9. The van der Waals surface area contributed by atoms with E-state index in [-0.39, 0.29) is 12.6 Å². The first-order valence-electron chi connectivity index (χ1n) is 6.62. The van der Waals surface area contributed by atoms with Crippen LogP contribution in [0.15, 0.2) is 6.33 Å². The van der Waals surface area contributed by atoms with Gasteiger partial charge in [-0.3, -0.25) is 0 Å². The molecule has 0 amide bonds. The summed E-state index contributed by atoms with van der Waals surface area (Å²) in [6.07, 6.45) is 3.58. The highest BCUT2D eigenvalue weighted by molar-refractivity contribution is 5.59. The predicted octanol–water partition coefficient (Wildman–Crippen LogP) is 1.29. The molecule has 0 saturated carbocycles. The summed E-state index contributed by atoms with van der Waals surface area (Å²) in [6.45, 7) is 5.44. The minimum absolute atomic E-state index is 0.176. The van der Waals surface area contributed by atoms with E-state index in [1.54, 1.807) is 6.33 Å². The Kier molecular flexibility index (Phi) is 4.01. The van der Waals surface area contributed by atoms with E-state index >= 15 is 0 Å². The molecule has 5 heteroatoms. The molecule has 1 fully saturated rings. The van der Waals surface area contributed by atoms with Gasteiger partial charge in [0.05, 0.1) is 12.6 Å². The van der Waals surface area contributed by atoms with Gasteiger partial charge in [-0.25, -0.2) is 9.97 Å². The molecule has 0 aliphatic carbocycles. The lowest BCUT2D eigenvalue weighted by Crippen LogP contribution is -2.36. The SMILES string of the molecule is CCc1c(NC)ncnc1N1CCC(C)C1CO. The monoisotopic (exact) mass is 250 g/mol. The number of nitrogens with one attached hydrogen (secondary N) is 1. The molecule has 0 spiro atoms. The normalized spacial score (nSPS) is 23.4. The van der Waals surface area contributed by atoms with Gasteiger partial charge in [0.2, 0.25) is 0 Å². The van der Waals surface area contributed by atoms with Crippen LogP contribution < -0.4 is 10.2 Å². The molecule has 2 unspecified atom stereocenters. The number of anilines is 2. The Morgan fingerprint density at radius 2 is 2.28 bits per heavy atom. The first-order valence-corrected chi connectivity index (χ1v) is 6.62. The van der Waals surface area contributed by atoms with Crippen LogP contribution in [0.25, 0.3) is 0 Å². The average Bonchev–Trinajstić information content (AvgIpc) is 2.78. The summed E-state index contributed by atoms with van der Waals surface area (Å²) in [5.74, 6) is 2.37. The molecule has 18 heavy (non-hydrogen) atoms. The molecular formula is C13H22N4O. The molecule has 1 aliphatic heterocycles. The van der Waals surface area contributed by atoms with Gasteiger partial charge in [-0.15, -0.1) is 0 Å². The van der Waals surface area contributed by atoms with E-state index in [0.717, 1.165) is 36.6 Å². The Morgan fingerprint density at radius 1 is 1.50 bits per heavy atom. The maximum atomic E-state index is 9.56. The first-order chi connectivity index (χ1) is 8.72. The van der Waals surface area contributed by atoms with Crippen molar-refractivity contribution in [1.29, 1.82) is 0 Å². The van der Waals surface area contributed by atoms with Crippen LogP contribution in [-0.2, 0) is 6.42 Å². The molecule has 0 radical (unpaired) electrons. The Hall–Kier alpha value is -1.36. The number of nitrogens with zero attached hydrogens (tertiary/aromatic N) is 3. The van der Waals surface area contributed by atoms with Crippen LogP contribution in [0.5, 0.6) is 0 Å². The van der Waals surface area contributed by atoms with E-state index in [9.17, 15) is 5.11 Å². The Labute approximate surface area is 108 Å². The lowest BCUT2D eigenvalue weighted by atomic mass is 10.0. The highest BCUT2D eigenvalue weighted by Crippen LogP contribution is 2.32. The zero-order chi connectivity index (χ0) is 13.1. The number of aromatic nitrogens is 2. The summed E-state index contributed by atoms with van der Waals surface area (Å²) in [5.41, 5.74) is 1.13. The fraction of sp³-hybridized carbons (Fsp3) is 0.692. The average molecular weight is 250 g/mol. The van der Waals surface area contributed by atoms with Crippen molar-refractivity contribution in [2.45, 2.75) is 32.7 Å². The number of hydrogen-bond acceptors (Lipinski definition) is 5. The van der Waals surface area contributed by atoms with E-state index in [0.29, 0.717) is 5.92 Å². The Bertz CT molecular complexity index is 410. The van der Waals surface area contributed by atoms with E-state index in [4.69, 9.17) is 0 Å². The van der Waals surface area contributed by atoms with Gasteiger partial charge < -0.3 is 15.3 Å². The molecule has 0 aromatic carbocycles. The van der Waals surface area contributed by atoms with Crippen LogP contribution in [0.3, 0.4) is 0 Å². The molecule has 2 atom stereocenters. The smallest absolute Gasteiger partial charge is 0.137 e. The highest BCUT2D eigenvalue weighted by Gasteiger charge is 2.32. The molecule has 1 aromatic rings. The van der Waals surface area contributed by atoms with Crippen molar-refractivity contribution >= 4 is 11.6 Å². The summed E-state index contributed by atoms with van der Waals surface area (Å²) in [5, 5.41) is 12.7. The third kappa shape index (κ3) is 2.14. The number of aliphatic hydroxyl groups excluding tert-OH is 1. The van der Waals surface area contributed by atoms with E-state index < -0.39 is 0 Å². The maximum absolute atomic E-state index is 9.56. The molecule has 1 aliphatic rings. The second kappa shape index (κ2) is 5.52. The van der Waals surface area contributed by atoms with Gasteiger partial charge in [-0.05, 0) is 18.8 Å². The van der Waals surface area contributed by atoms with Crippen LogP contribution in [0.2, 0.25) is 0 Å². The molecule has 2 N–H and O–H groups in total. The zero-order valence-electron chi connectivity index (χ0n) is 11.3. The van der Waals surface area contributed by atoms with Gasteiger partial charge in [0, 0.05) is 19.2 Å². The summed E-state index contributed by atoms with van der Waals surface area (Å²) in [6, 6.07) is 0.176. The van der Waals surface area contributed by atoms with Crippen LogP contribution in [0.4, 0.5) is 11.6 Å². The van der Waals surface area contributed by atoms with Crippen molar-refractivity contribution in [3.05, 3.63) is 11.9 Å². The van der Waals surface area contributed by atoms with Crippen LogP contribution in [-0.4, -0.2) is 41.3 Å². The van der Waals surface area contributed by atoms with Crippen molar-refractivity contribution in [3.8, 4) is 0 Å². The fourth-order valence-electron chi connectivity index (χ4n) is 2.74. The molecule has 0 bridgehead atoms. The minimum Gasteiger partial charge on any atom is -0.394 e. The topological polar surface area (TPSA) is 61.3 Å². The quantitative estimate of drug-likeness (QED) is 0.843. The molecule has 1 aromatic heterocycles. The van der Waals surface area contributed by atoms with Crippen molar-refractivity contribution < 1.29 is 5.11 Å². The summed E-state index contributed by atoms with van der Waals surface area (Å²) >= 11 is 0. The third-order valence-corrected chi connectivity index (χ3v) is 3.85. The van der Waals surface area contributed by atoms with E-state index in [1.165, 1.54) is 0 Å². The van der Waals surface area contributed by atoms with Crippen molar-refractivity contribution in [2.24, 2.45) is 5.92 Å². The van der Waals surface area contributed by atoms with Gasteiger partial charge >= 0.3 is 0 Å². The first kappa shape index (κ1) is 13.1. The van der Waals surface area contributed by atoms with Crippen molar-refractivity contribution in [2.75, 3.05) is 30.4 Å². The highest BCUT2D eigenvalue weighted by atomic mass is 16.3. The predicted molar refractivity (Wildman–Crippen MR) is 73.0 cm³/mol. The van der Waals surface area contributed by atoms with Crippen LogP contribution >= 0.6 is 0 Å². The zero-order valence-corrected chi connectivity index (χ0v) is 11.3. The van der Waals surface area contributed by atoms with Crippen LogP contribution in [0, 0.1) is 5.92 Å². The van der Waals surface area contributed by atoms with E-state index in [2.05, 4.69) is 34.0 Å². The fourth-order valence-corrected chi connectivity index (χ4v) is 2.74. The molecular weight excluding hydrogens is 228 g/mol. The van der Waals surface area contributed by atoms with Gasteiger partial charge in [0.15, 0.2) is 0 Å². The Balaban J connectivity index is 2.38. The second-order valence-corrected chi connectivity index (χ2v) is 4.84. The van der Waals surface area contributed by atoms with Gasteiger partial charge in [-0.2, -0.15) is 0 Å². The number of aliphatic hydroxyl groups is 1. The maximum Gasteiger partial charge on any atom is 0.137 e. The van der Waals surface area contributed by atoms with Crippen molar-refractivity contribution in [3.63, 3.8) is 0 Å². The van der Waals surface area contributed by atoms with Gasteiger partial charge in [0.25, 0.3) is 0 Å². The molecule has 5 nitrogen and oxygen atoms in total. The van der Waals surface area contributed by atoms with E-state index in [1.807, 2.05) is 7.05 Å². The third-order valence-electron chi connectivity index (χ3n) is 3.85. The summed E-state index contributed by atoms with van der Waals surface area (Å²) < 4.78 is 0.